The summed E-state index contributed by atoms with van der Waals surface area (Å²) in [5, 5.41) is 4.16. The van der Waals surface area contributed by atoms with Crippen LogP contribution in [0.15, 0.2) is 18.2 Å². The third-order valence-corrected chi connectivity index (χ3v) is 4.45. The van der Waals surface area contributed by atoms with E-state index in [0.29, 0.717) is 23.3 Å². The van der Waals surface area contributed by atoms with Crippen LogP contribution in [0.25, 0.3) is 10.2 Å². The molecule has 0 atom stereocenters. The third-order valence-electron chi connectivity index (χ3n) is 3.23. The molecule has 0 spiro atoms. The van der Waals surface area contributed by atoms with Crippen molar-refractivity contribution < 1.29 is 9.53 Å². The molecule has 3 rings (SSSR count). The molecular formula is C15H18ClN3O2S. The van der Waals surface area contributed by atoms with Gasteiger partial charge in [-0.3, -0.25) is 0 Å². The summed E-state index contributed by atoms with van der Waals surface area (Å²) in [6, 6.07) is 5.62. The van der Waals surface area contributed by atoms with E-state index in [9.17, 15) is 4.79 Å². The van der Waals surface area contributed by atoms with E-state index in [1.54, 1.807) is 4.90 Å². The van der Waals surface area contributed by atoms with Crippen LogP contribution in [0.1, 0.15) is 20.8 Å². The molecule has 1 saturated heterocycles. The van der Waals surface area contributed by atoms with Gasteiger partial charge in [0.2, 0.25) is 0 Å². The molecule has 1 aliphatic heterocycles. The summed E-state index contributed by atoms with van der Waals surface area (Å²) in [5.41, 5.74) is 0.540. The first-order valence-electron chi connectivity index (χ1n) is 7.10. The minimum absolute atomic E-state index is 0.00921. The lowest BCUT2D eigenvalue weighted by molar-refractivity contribution is 0.0423. The molecule has 2 amide bonds. The number of fused-ring (bicyclic) bond motifs is 1. The van der Waals surface area contributed by atoms with Gasteiger partial charge in [-0.25, -0.2) is 9.78 Å². The largest absolute Gasteiger partial charge is 0.463 e. The summed E-state index contributed by atoms with van der Waals surface area (Å²) in [5.74, 6) is 0. The Morgan fingerprint density at radius 2 is 2.18 bits per heavy atom. The van der Waals surface area contributed by atoms with E-state index >= 15 is 0 Å². The van der Waals surface area contributed by atoms with Crippen molar-refractivity contribution in [3.8, 4) is 5.19 Å². The summed E-state index contributed by atoms with van der Waals surface area (Å²) in [6.45, 7) is 7.04. The first-order valence-corrected chi connectivity index (χ1v) is 8.30. The second-order valence-corrected chi connectivity index (χ2v) is 7.79. The van der Waals surface area contributed by atoms with Crippen LogP contribution in [-0.2, 0) is 0 Å². The second-order valence-electron chi connectivity index (χ2n) is 6.39. The molecule has 22 heavy (non-hydrogen) atoms. The van der Waals surface area contributed by atoms with E-state index in [2.05, 4.69) is 10.3 Å². The number of halogens is 1. The fraction of sp³-hybridized carbons (Fsp3) is 0.467. The van der Waals surface area contributed by atoms with Gasteiger partial charge in [0.25, 0.3) is 5.19 Å². The maximum atomic E-state index is 12.0. The molecule has 1 fully saturated rings. The number of rotatable bonds is 2. The van der Waals surface area contributed by atoms with Gasteiger partial charge in [-0.1, -0.05) is 29.0 Å². The lowest BCUT2D eigenvalue weighted by atomic mass is 10.1. The topological polar surface area (TPSA) is 54.5 Å². The van der Waals surface area contributed by atoms with Gasteiger partial charge in [0, 0.05) is 5.54 Å². The number of urea groups is 1. The fourth-order valence-electron chi connectivity index (χ4n) is 2.17. The number of aromatic nitrogens is 1. The maximum Gasteiger partial charge on any atom is 0.318 e. The first-order chi connectivity index (χ1) is 10.3. The number of carbonyl (C=O) groups excluding carboxylic acids is 1. The monoisotopic (exact) mass is 339 g/mol. The van der Waals surface area contributed by atoms with Gasteiger partial charge < -0.3 is 15.0 Å². The van der Waals surface area contributed by atoms with E-state index < -0.39 is 0 Å². The Morgan fingerprint density at radius 1 is 1.45 bits per heavy atom. The van der Waals surface area contributed by atoms with Crippen molar-refractivity contribution in [3.05, 3.63) is 23.2 Å². The van der Waals surface area contributed by atoms with Gasteiger partial charge in [-0.2, -0.15) is 0 Å². The number of benzene rings is 1. The number of hydrogen-bond donors (Lipinski definition) is 1. The van der Waals surface area contributed by atoms with Gasteiger partial charge in [0.05, 0.1) is 22.8 Å². The van der Waals surface area contributed by atoms with Crippen molar-refractivity contribution in [2.45, 2.75) is 32.4 Å². The van der Waals surface area contributed by atoms with Crippen molar-refractivity contribution in [1.29, 1.82) is 0 Å². The van der Waals surface area contributed by atoms with Gasteiger partial charge in [-0.15, -0.1) is 0 Å². The molecule has 1 aromatic carbocycles. The van der Waals surface area contributed by atoms with Crippen LogP contribution in [0.4, 0.5) is 4.79 Å². The zero-order chi connectivity index (χ0) is 15.9. The average Bonchev–Trinajstić information content (AvgIpc) is 2.75. The summed E-state index contributed by atoms with van der Waals surface area (Å²) >= 11 is 7.58. The predicted octanol–water partition coefficient (Wildman–Crippen LogP) is 3.52. The van der Waals surface area contributed by atoms with Crippen LogP contribution in [0, 0.1) is 0 Å². The SMILES string of the molecule is CC(C)(C)NC(=O)N1CC(Oc2nc3c(Cl)cccc3s2)C1. The number of carbonyl (C=O) groups is 1. The normalized spacial score (nSPS) is 15.7. The van der Waals surface area contributed by atoms with E-state index in [1.807, 2.05) is 39.0 Å². The van der Waals surface area contributed by atoms with Crippen LogP contribution in [-0.4, -0.2) is 40.6 Å². The van der Waals surface area contributed by atoms with Crippen molar-refractivity contribution >= 4 is 39.2 Å². The Bertz CT molecular complexity index is 704. The molecule has 1 aliphatic rings. The van der Waals surface area contributed by atoms with Crippen LogP contribution in [0.2, 0.25) is 5.02 Å². The Hall–Kier alpha value is -1.53. The number of para-hydroxylation sites is 1. The Morgan fingerprint density at radius 3 is 2.82 bits per heavy atom. The third kappa shape index (κ3) is 3.28. The van der Waals surface area contributed by atoms with Gasteiger partial charge in [0.15, 0.2) is 0 Å². The average molecular weight is 340 g/mol. The van der Waals surface area contributed by atoms with Crippen molar-refractivity contribution in [2.75, 3.05) is 13.1 Å². The van der Waals surface area contributed by atoms with Gasteiger partial charge in [0.1, 0.15) is 11.6 Å². The maximum absolute atomic E-state index is 12.0. The molecular weight excluding hydrogens is 322 g/mol. The van der Waals surface area contributed by atoms with Crippen molar-refractivity contribution in [3.63, 3.8) is 0 Å². The number of nitrogens with zero attached hydrogens (tertiary/aromatic N) is 2. The summed E-state index contributed by atoms with van der Waals surface area (Å²) in [7, 11) is 0. The number of ether oxygens (including phenoxy) is 1. The highest BCUT2D eigenvalue weighted by Crippen LogP contribution is 2.33. The zero-order valence-corrected chi connectivity index (χ0v) is 14.3. The predicted molar refractivity (Wildman–Crippen MR) is 88.9 cm³/mol. The Balaban J connectivity index is 1.57. The minimum Gasteiger partial charge on any atom is -0.463 e. The molecule has 0 aliphatic carbocycles. The van der Waals surface area contributed by atoms with E-state index in [4.69, 9.17) is 16.3 Å². The van der Waals surface area contributed by atoms with E-state index in [-0.39, 0.29) is 17.7 Å². The molecule has 0 bridgehead atoms. The number of thiazole rings is 1. The zero-order valence-electron chi connectivity index (χ0n) is 12.7. The molecule has 7 heteroatoms. The van der Waals surface area contributed by atoms with Crippen LogP contribution < -0.4 is 10.1 Å². The molecule has 2 heterocycles. The number of likely N-dealkylation sites (tertiary alicyclic amines) is 1. The summed E-state index contributed by atoms with van der Waals surface area (Å²) < 4.78 is 6.83. The molecule has 5 nitrogen and oxygen atoms in total. The molecule has 0 radical (unpaired) electrons. The molecule has 0 unspecified atom stereocenters. The number of hydrogen-bond acceptors (Lipinski definition) is 4. The number of amides is 2. The second kappa shape index (κ2) is 5.59. The summed E-state index contributed by atoms with van der Waals surface area (Å²) in [4.78, 5) is 18.1. The number of nitrogens with one attached hydrogen (secondary N) is 1. The van der Waals surface area contributed by atoms with Crippen LogP contribution in [0.5, 0.6) is 5.19 Å². The quantitative estimate of drug-likeness (QED) is 0.910. The van der Waals surface area contributed by atoms with Gasteiger partial charge >= 0.3 is 6.03 Å². The van der Waals surface area contributed by atoms with Gasteiger partial charge in [-0.05, 0) is 32.9 Å². The molecule has 118 valence electrons. The lowest BCUT2D eigenvalue weighted by Crippen LogP contribution is -2.61. The standard InChI is InChI=1S/C15H18ClN3O2S/c1-15(2,3)18-13(20)19-7-9(8-19)21-14-17-12-10(16)5-4-6-11(12)22-14/h4-6,9H,7-8H2,1-3H3,(H,18,20). The highest BCUT2D eigenvalue weighted by atomic mass is 35.5. The Kier molecular flexibility index (Phi) is 3.91. The van der Waals surface area contributed by atoms with Crippen molar-refractivity contribution in [1.82, 2.24) is 15.2 Å². The lowest BCUT2D eigenvalue weighted by Gasteiger charge is -2.39. The van der Waals surface area contributed by atoms with Crippen LogP contribution in [0.3, 0.4) is 0 Å². The Labute approximate surface area is 138 Å². The summed E-state index contributed by atoms with van der Waals surface area (Å²) in [6.07, 6.45) is -0.00921. The van der Waals surface area contributed by atoms with Crippen LogP contribution >= 0.6 is 22.9 Å². The minimum atomic E-state index is -0.229. The molecule has 2 aromatic rings. The highest BCUT2D eigenvalue weighted by Gasteiger charge is 2.34. The smallest absolute Gasteiger partial charge is 0.318 e. The highest BCUT2D eigenvalue weighted by molar-refractivity contribution is 7.20. The molecule has 0 saturated carbocycles. The first kappa shape index (κ1) is 15.4. The molecule has 1 N–H and O–H groups in total. The van der Waals surface area contributed by atoms with E-state index in [0.717, 1.165) is 10.2 Å². The molecule has 1 aromatic heterocycles. The van der Waals surface area contributed by atoms with E-state index in [1.165, 1.54) is 11.3 Å². The van der Waals surface area contributed by atoms with Crippen molar-refractivity contribution in [2.24, 2.45) is 0 Å². The fourth-order valence-corrected chi connectivity index (χ4v) is 3.35.